The third-order valence-corrected chi connectivity index (χ3v) is 5.85. The summed E-state index contributed by atoms with van der Waals surface area (Å²) in [6.07, 6.45) is 7.02. The zero-order chi connectivity index (χ0) is 28.8. The van der Waals surface area contributed by atoms with Gasteiger partial charge in [-0.15, -0.1) is 0 Å². The number of benzene rings is 1. The van der Waals surface area contributed by atoms with Crippen LogP contribution in [0.5, 0.6) is 0 Å². The molecule has 0 fully saturated rings. The van der Waals surface area contributed by atoms with Crippen LogP contribution in [-0.2, 0) is 9.47 Å². The van der Waals surface area contributed by atoms with Crippen LogP contribution in [0.25, 0.3) is 0 Å². The van der Waals surface area contributed by atoms with E-state index >= 15 is 0 Å². The van der Waals surface area contributed by atoms with Gasteiger partial charge in [0, 0.05) is 0 Å². The Hall–Kier alpha value is -2.40. The fourth-order valence-corrected chi connectivity index (χ4v) is 3.50. The van der Waals surface area contributed by atoms with E-state index in [2.05, 4.69) is 11.7 Å². The topological polar surface area (TPSA) is 52.6 Å². The minimum atomic E-state index is -6.49. The number of alkyl halides is 8. The first-order chi connectivity index (χ1) is 17.8. The number of unbranched alkanes of at least 4 members (excludes halogenated alkanes) is 10. The van der Waals surface area contributed by atoms with Crippen molar-refractivity contribution in [1.82, 2.24) is 0 Å². The summed E-state index contributed by atoms with van der Waals surface area (Å²) in [6, 6.07) is 4.28. The average Bonchev–Trinajstić information content (AvgIpc) is 2.87. The first-order valence-corrected chi connectivity index (χ1v) is 12.6. The Kier molecular flexibility index (Phi) is 14.1. The van der Waals surface area contributed by atoms with Crippen molar-refractivity contribution in [3.63, 3.8) is 0 Å². The first-order valence-electron chi connectivity index (χ1n) is 12.6. The molecule has 0 bridgehead atoms. The average molecular weight is 563 g/mol. The van der Waals surface area contributed by atoms with Crippen molar-refractivity contribution in [3.05, 3.63) is 35.4 Å². The van der Waals surface area contributed by atoms with Gasteiger partial charge in [0.25, 0.3) is 0 Å². The highest BCUT2D eigenvalue weighted by Crippen LogP contribution is 2.48. The quantitative estimate of drug-likeness (QED) is 0.0964. The van der Waals surface area contributed by atoms with E-state index in [0.29, 0.717) is 6.42 Å². The number of halogens is 8. The number of hydrogen-bond acceptors (Lipinski definition) is 4. The normalized spacial score (nSPS) is 12.6. The number of hydrogen-bond donors (Lipinski definition) is 0. The predicted octanol–water partition coefficient (Wildman–Crippen LogP) is 8.48. The number of carbonyl (C=O) groups excluding carboxylic acids is 2. The van der Waals surface area contributed by atoms with Crippen molar-refractivity contribution in [1.29, 1.82) is 0 Å². The van der Waals surface area contributed by atoms with E-state index in [-0.39, 0.29) is 12.2 Å². The van der Waals surface area contributed by atoms with Gasteiger partial charge in [-0.3, -0.25) is 0 Å². The lowest BCUT2D eigenvalue weighted by Crippen LogP contribution is -2.59. The lowest BCUT2D eigenvalue weighted by molar-refractivity contribution is -0.343. The molecule has 0 radical (unpaired) electrons. The number of esters is 2. The Balaban J connectivity index is 2.45. The second kappa shape index (κ2) is 15.9. The van der Waals surface area contributed by atoms with Crippen molar-refractivity contribution in [2.75, 3.05) is 13.2 Å². The van der Waals surface area contributed by atoms with Crippen LogP contribution < -0.4 is 0 Å². The molecular weight excluding hydrogens is 528 g/mol. The van der Waals surface area contributed by atoms with Gasteiger partial charge in [0.2, 0.25) is 0 Å². The van der Waals surface area contributed by atoms with Gasteiger partial charge >= 0.3 is 36.1 Å². The van der Waals surface area contributed by atoms with E-state index in [1.54, 1.807) is 0 Å². The molecule has 0 N–H and O–H groups in total. The van der Waals surface area contributed by atoms with Crippen molar-refractivity contribution in [2.45, 2.75) is 102 Å². The van der Waals surface area contributed by atoms with Crippen LogP contribution in [-0.4, -0.2) is 49.3 Å². The zero-order valence-electron chi connectivity index (χ0n) is 21.2. The fraction of sp³-hybridized carbons (Fsp3) is 0.692. The molecule has 0 saturated heterocycles. The molecule has 0 saturated carbocycles. The Bertz CT molecular complexity index is 861. The molecule has 0 atom stereocenters. The van der Waals surface area contributed by atoms with Crippen LogP contribution in [0.1, 0.15) is 98.3 Å². The highest BCUT2D eigenvalue weighted by molar-refractivity contribution is 5.95. The molecule has 12 heteroatoms. The van der Waals surface area contributed by atoms with Crippen molar-refractivity contribution >= 4 is 11.9 Å². The highest BCUT2D eigenvalue weighted by Gasteiger charge is 2.75. The third kappa shape index (κ3) is 10.1. The van der Waals surface area contributed by atoms with Gasteiger partial charge in [-0.05, 0) is 24.6 Å². The standard InChI is InChI=1S/C26H34F8O4/c1-2-3-4-5-6-7-8-9-10-11-12-16-37-21(35)19-14-13-15-20(17-19)22(36)38-18-24(29,30)26(33,34)25(31,32)23(27)28/h13-15,17,23H,2-12,16,18H2,1H3. The van der Waals surface area contributed by atoms with Gasteiger partial charge in [0.1, 0.15) is 0 Å². The van der Waals surface area contributed by atoms with Gasteiger partial charge in [-0.1, -0.05) is 77.2 Å². The van der Waals surface area contributed by atoms with Crippen LogP contribution >= 0.6 is 0 Å². The minimum Gasteiger partial charge on any atom is -0.462 e. The van der Waals surface area contributed by atoms with Crippen LogP contribution in [0, 0.1) is 0 Å². The number of ether oxygens (including phenoxy) is 2. The molecule has 0 aliphatic carbocycles. The molecule has 0 aliphatic rings. The molecule has 4 nitrogen and oxygen atoms in total. The lowest BCUT2D eigenvalue weighted by Gasteiger charge is -2.31. The molecular formula is C26H34F8O4. The summed E-state index contributed by atoms with van der Waals surface area (Å²) in [5, 5.41) is 0. The maximum Gasteiger partial charge on any atom is 0.381 e. The molecule has 0 aromatic heterocycles. The molecule has 1 aromatic carbocycles. The fourth-order valence-electron chi connectivity index (χ4n) is 3.50. The van der Waals surface area contributed by atoms with Gasteiger partial charge in [0.05, 0.1) is 17.7 Å². The van der Waals surface area contributed by atoms with Crippen molar-refractivity contribution in [2.24, 2.45) is 0 Å². The van der Waals surface area contributed by atoms with E-state index in [9.17, 15) is 44.7 Å². The molecule has 38 heavy (non-hydrogen) atoms. The second-order valence-corrected chi connectivity index (χ2v) is 9.03. The Morgan fingerprint density at radius 3 is 1.66 bits per heavy atom. The Labute approximate surface area is 217 Å². The Morgan fingerprint density at radius 1 is 0.737 bits per heavy atom. The summed E-state index contributed by atoms with van der Waals surface area (Å²) in [5.74, 6) is -21.1. The first kappa shape index (κ1) is 33.6. The summed E-state index contributed by atoms with van der Waals surface area (Å²) in [4.78, 5) is 24.1. The third-order valence-electron chi connectivity index (χ3n) is 5.85. The monoisotopic (exact) mass is 562 g/mol. The van der Waals surface area contributed by atoms with Crippen LogP contribution in [0.15, 0.2) is 24.3 Å². The molecule has 0 unspecified atom stereocenters. The zero-order valence-corrected chi connectivity index (χ0v) is 21.2. The SMILES string of the molecule is CCCCCCCCCCCCCOC(=O)c1cccc(C(=O)OCC(F)(F)C(F)(F)C(F)(F)C(F)F)c1. The van der Waals surface area contributed by atoms with Crippen molar-refractivity contribution < 1.29 is 54.2 Å². The summed E-state index contributed by atoms with van der Waals surface area (Å²) in [6.45, 7) is -0.314. The van der Waals surface area contributed by atoms with E-state index in [0.717, 1.165) is 43.9 Å². The number of rotatable bonds is 19. The lowest BCUT2D eigenvalue weighted by atomic mass is 10.1. The maximum atomic E-state index is 13.6. The molecule has 1 aromatic rings. The summed E-state index contributed by atoms with van der Waals surface area (Å²) in [5.41, 5.74) is -0.697. The van der Waals surface area contributed by atoms with Crippen LogP contribution in [0.4, 0.5) is 35.1 Å². The minimum absolute atomic E-state index is 0.101. The van der Waals surface area contributed by atoms with E-state index in [1.807, 2.05) is 0 Å². The second-order valence-electron chi connectivity index (χ2n) is 9.03. The van der Waals surface area contributed by atoms with E-state index in [4.69, 9.17) is 4.74 Å². The van der Waals surface area contributed by atoms with Gasteiger partial charge < -0.3 is 9.47 Å². The van der Waals surface area contributed by atoms with Crippen LogP contribution in [0.3, 0.4) is 0 Å². The van der Waals surface area contributed by atoms with E-state index in [1.165, 1.54) is 44.6 Å². The molecule has 0 spiro atoms. The predicted molar refractivity (Wildman–Crippen MR) is 124 cm³/mol. The highest BCUT2D eigenvalue weighted by atomic mass is 19.4. The summed E-state index contributed by atoms with van der Waals surface area (Å²) in [7, 11) is 0. The molecule has 0 heterocycles. The summed E-state index contributed by atoms with van der Waals surface area (Å²) < 4.78 is 113. The smallest absolute Gasteiger partial charge is 0.381 e. The van der Waals surface area contributed by atoms with E-state index < -0.39 is 48.3 Å². The maximum absolute atomic E-state index is 13.6. The number of carbonyl (C=O) groups is 2. The van der Waals surface area contributed by atoms with Gasteiger partial charge in [-0.25, -0.2) is 18.4 Å². The summed E-state index contributed by atoms with van der Waals surface area (Å²) >= 11 is 0. The Morgan fingerprint density at radius 2 is 1.18 bits per heavy atom. The van der Waals surface area contributed by atoms with Gasteiger partial charge in [-0.2, -0.15) is 26.3 Å². The molecule has 218 valence electrons. The van der Waals surface area contributed by atoms with Crippen LogP contribution in [0.2, 0.25) is 0 Å². The van der Waals surface area contributed by atoms with Crippen molar-refractivity contribution in [3.8, 4) is 0 Å². The molecule has 0 aliphatic heterocycles. The van der Waals surface area contributed by atoms with Gasteiger partial charge in [0.15, 0.2) is 6.61 Å². The molecule has 0 amide bonds. The molecule has 1 rings (SSSR count). The largest absolute Gasteiger partial charge is 0.462 e.